The van der Waals surface area contributed by atoms with Crippen molar-refractivity contribution in [3.63, 3.8) is 0 Å². The van der Waals surface area contributed by atoms with Gasteiger partial charge in [0.25, 0.3) is 5.56 Å². The standard InChI is InChI=1S/C22H17NO2.2C2H6/c1-22(2)12-11-17-19-18(13-7-3-5-9-15(13)20(17)25-22)14-8-4-6-10-16(14)21(24)23-19;2*1-2/h3-12H,1-2H3,(H,23,24);2*1-2H3. The molecule has 1 aliphatic rings. The zero-order valence-corrected chi connectivity index (χ0v) is 18.1. The molecule has 0 fully saturated rings. The van der Waals surface area contributed by atoms with Crippen LogP contribution in [0.5, 0.6) is 5.75 Å². The van der Waals surface area contributed by atoms with E-state index in [1.807, 2.05) is 84.0 Å². The van der Waals surface area contributed by atoms with E-state index in [2.05, 4.69) is 23.2 Å². The van der Waals surface area contributed by atoms with Crippen molar-refractivity contribution in [2.75, 3.05) is 0 Å². The molecule has 29 heavy (non-hydrogen) atoms. The second-order valence-electron chi connectivity index (χ2n) is 7.08. The van der Waals surface area contributed by atoms with Crippen LogP contribution in [-0.2, 0) is 0 Å². The summed E-state index contributed by atoms with van der Waals surface area (Å²) in [5.41, 5.74) is 1.33. The molecule has 0 saturated heterocycles. The Labute approximate surface area is 172 Å². The predicted molar refractivity (Wildman–Crippen MR) is 126 cm³/mol. The molecule has 0 atom stereocenters. The molecule has 3 heteroatoms. The van der Waals surface area contributed by atoms with Crippen molar-refractivity contribution < 1.29 is 4.74 Å². The molecule has 1 N–H and O–H groups in total. The lowest BCUT2D eigenvalue weighted by molar-refractivity contribution is 0.162. The summed E-state index contributed by atoms with van der Waals surface area (Å²) in [6, 6.07) is 16.0. The van der Waals surface area contributed by atoms with Gasteiger partial charge in [0.05, 0.1) is 5.52 Å². The van der Waals surface area contributed by atoms with Gasteiger partial charge in [-0.1, -0.05) is 70.2 Å². The third kappa shape index (κ3) is 3.42. The minimum Gasteiger partial charge on any atom is -0.482 e. The number of H-pyrrole nitrogens is 1. The van der Waals surface area contributed by atoms with Crippen molar-refractivity contribution in [3.8, 4) is 5.75 Å². The summed E-state index contributed by atoms with van der Waals surface area (Å²) in [6.07, 6.45) is 4.11. The van der Waals surface area contributed by atoms with Gasteiger partial charge in [0.1, 0.15) is 11.4 Å². The van der Waals surface area contributed by atoms with Gasteiger partial charge < -0.3 is 9.72 Å². The molecule has 0 spiro atoms. The average Bonchev–Trinajstić information content (AvgIpc) is 2.76. The first-order chi connectivity index (χ1) is 14.1. The maximum absolute atomic E-state index is 12.6. The van der Waals surface area contributed by atoms with E-state index in [1.165, 1.54) is 0 Å². The number of ether oxygens (including phenoxy) is 1. The Bertz CT molecular complexity index is 1260. The van der Waals surface area contributed by atoms with Crippen LogP contribution >= 0.6 is 0 Å². The number of aromatic nitrogens is 1. The monoisotopic (exact) mass is 387 g/mol. The fraction of sp³-hybridized carbons (Fsp3) is 0.269. The van der Waals surface area contributed by atoms with Crippen LogP contribution in [0.3, 0.4) is 0 Å². The van der Waals surface area contributed by atoms with E-state index in [4.69, 9.17) is 4.74 Å². The van der Waals surface area contributed by atoms with Gasteiger partial charge in [-0.2, -0.15) is 0 Å². The summed E-state index contributed by atoms with van der Waals surface area (Å²) in [5.74, 6) is 0.835. The highest BCUT2D eigenvalue weighted by atomic mass is 16.5. The molecule has 1 aliphatic heterocycles. The van der Waals surface area contributed by atoms with Crippen LogP contribution in [0.15, 0.2) is 59.4 Å². The van der Waals surface area contributed by atoms with Crippen LogP contribution in [-0.4, -0.2) is 10.6 Å². The SMILES string of the molecule is CC.CC.CC1(C)C=Cc2c(c3ccccc3c3c2[nH]c(=O)c2ccccc23)O1. The van der Waals surface area contributed by atoms with Crippen molar-refractivity contribution in [1.82, 2.24) is 4.98 Å². The molecular formula is C26H29NO2. The van der Waals surface area contributed by atoms with Crippen LogP contribution in [0.2, 0.25) is 0 Å². The maximum Gasteiger partial charge on any atom is 0.256 e. The van der Waals surface area contributed by atoms with Crippen LogP contribution in [0.4, 0.5) is 0 Å². The number of aromatic amines is 1. The highest BCUT2D eigenvalue weighted by Gasteiger charge is 2.26. The van der Waals surface area contributed by atoms with Crippen molar-refractivity contribution in [1.29, 1.82) is 0 Å². The molecule has 1 aromatic heterocycles. The van der Waals surface area contributed by atoms with Gasteiger partial charge in [0, 0.05) is 21.7 Å². The second-order valence-corrected chi connectivity index (χ2v) is 7.08. The molecule has 150 valence electrons. The van der Waals surface area contributed by atoms with Crippen molar-refractivity contribution >= 4 is 38.5 Å². The van der Waals surface area contributed by atoms with Crippen LogP contribution in [0.25, 0.3) is 38.5 Å². The van der Waals surface area contributed by atoms with Gasteiger partial charge in [0.15, 0.2) is 0 Å². The Balaban J connectivity index is 0.000000568. The van der Waals surface area contributed by atoms with E-state index in [-0.39, 0.29) is 11.2 Å². The van der Waals surface area contributed by atoms with E-state index < -0.39 is 0 Å². The first-order valence-corrected chi connectivity index (χ1v) is 10.4. The molecule has 3 nitrogen and oxygen atoms in total. The van der Waals surface area contributed by atoms with Crippen LogP contribution in [0, 0.1) is 0 Å². The Hall–Kier alpha value is -3.07. The first kappa shape index (κ1) is 20.7. The fourth-order valence-electron chi connectivity index (χ4n) is 3.77. The summed E-state index contributed by atoms with van der Waals surface area (Å²) in [4.78, 5) is 15.7. The van der Waals surface area contributed by atoms with Crippen LogP contribution in [0.1, 0.15) is 47.1 Å². The van der Waals surface area contributed by atoms with Crippen LogP contribution < -0.4 is 10.3 Å². The van der Waals surface area contributed by atoms with Gasteiger partial charge in [-0.15, -0.1) is 0 Å². The van der Waals surface area contributed by atoms with Crippen molar-refractivity contribution in [2.24, 2.45) is 0 Å². The minimum atomic E-state index is -0.374. The largest absolute Gasteiger partial charge is 0.482 e. The maximum atomic E-state index is 12.6. The van der Waals surface area contributed by atoms with Gasteiger partial charge in [-0.25, -0.2) is 0 Å². The molecule has 4 aromatic rings. The number of fused-ring (bicyclic) bond motifs is 8. The molecule has 0 amide bonds. The highest BCUT2D eigenvalue weighted by Crippen LogP contribution is 2.43. The molecule has 0 bridgehead atoms. The number of pyridine rings is 1. The van der Waals surface area contributed by atoms with E-state index >= 15 is 0 Å². The topological polar surface area (TPSA) is 42.1 Å². The number of nitrogens with one attached hydrogen (secondary N) is 1. The number of benzene rings is 3. The summed E-state index contributed by atoms with van der Waals surface area (Å²) in [5, 5.41) is 4.91. The Morgan fingerprint density at radius 2 is 1.31 bits per heavy atom. The minimum absolute atomic E-state index is 0.0705. The lowest BCUT2D eigenvalue weighted by Crippen LogP contribution is -2.28. The van der Waals surface area contributed by atoms with E-state index in [0.717, 1.165) is 38.4 Å². The van der Waals surface area contributed by atoms with Crippen molar-refractivity contribution in [3.05, 3.63) is 70.5 Å². The molecule has 0 unspecified atom stereocenters. The van der Waals surface area contributed by atoms with Gasteiger partial charge in [-0.05, 0) is 42.8 Å². The first-order valence-electron chi connectivity index (χ1n) is 10.4. The second kappa shape index (κ2) is 8.12. The fourth-order valence-corrected chi connectivity index (χ4v) is 3.77. The highest BCUT2D eigenvalue weighted by molar-refractivity contribution is 6.22. The molecule has 0 saturated carbocycles. The van der Waals surface area contributed by atoms with Gasteiger partial charge in [0.2, 0.25) is 0 Å². The lowest BCUT2D eigenvalue weighted by atomic mass is 9.92. The lowest BCUT2D eigenvalue weighted by Gasteiger charge is -2.29. The Kier molecular flexibility index (Phi) is 5.78. The van der Waals surface area contributed by atoms with Gasteiger partial charge >= 0.3 is 0 Å². The quantitative estimate of drug-likeness (QED) is 0.328. The number of rotatable bonds is 0. The molecular weight excluding hydrogens is 358 g/mol. The smallest absolute Gasteiger partial charge is 0.256 e. The summed E-state index contributed by atoms with van der Waals surface area (Å²) < 4.78 is 6.28. The summed E-state index contributed by atoms with van der Waals surface area (Å²) in [7, 11) is 0. The molecule has 0 radical (unpaired) electrons. The Morgan fingerprint density at radius 3 is 1.93 bits per heavy atom. The molecule has 2 heterocycles. The zero-order chi connectivity index (χ0) is 21.2. The zero-order valence-electron chi connectivity index (χ0n) is 18.1. The van der Waals surface area contributed by atoms with E-state index in [9.17, 15) is 4.79 Å². The molecule has 0 aliphatic carbocycles. The van der Waals surface area contributed by atoms with E-state index in [1.54, 1.807) is 0 Å². The number of hydrogen-bond donors (Lipinski definition) is 1. The molecule has 5 rings (SSSR count). The van der Waals surface area contributed by atoms with Gasteiger partial charge in [-0.3, -0.25) is 4.79 Å². The van der Waals surface area contributed by atoms with E-state index in [0.29, 0.717) is 5.39 Å². The Morgan fingerprint density at radius 1 is 0.793 bits per heavy atom. The third-order valence-electron chi connectivity index (χ3n) is 4.90. The summed E-state index contributed by atoms with van der Waals surface area (Å²) >= 11 is 0. The number of hydrogen-bond acceptors (Lipinski definition) is 2. The summed E-state index contributed by atoms with van der Waals surface area (Å²) in [6.45, 7) is 12.1. The normalized spacial score (nSPS) is 13.7. The predicted octanol–water partition coefficient (Wildman–Crippen LogP) is 7.07. The van der Waals surface area contributed by atoms with Crippen molar-refractivity contribution in [2.45, 2.75) is 47.1 Å². The molecule has 3 aromatic carbocycles. The third-order valence-corrected chi connectivity index (χ3v) is 4.90. The average molecular weight is 388 g/mol.